The van der Waals surface area contributed by atoms with Gasteiger partial charge in [0.05, 0.1) is 0 Å². The van der Waals surface area contributed by atoms with Crippen molar-refractivity contribution in [2.75, 3.05) is 0 Å². The van der Waals surface area contributed by atoms with Gasteiger partial charge in [-0.2, -0.15) is 0 Å². The molecule has 2 aromatic carbocycles. The van der Waals surface area contributed by atoms with Gasteiger partial charge in [-0.05, 0) is 12.1 Å². The molecule has 0 bridgehead atoms. The number of ether oxygens (including phenoxy) is 1. The zero-order valence-corrected chi connectivity index (χ0v) is 8.29. The van der Waals surface area contributed by atoms with Gasteiger partial charge >= 0.3 is 0 Å². The molecule has 16 heavy (non-hydrogen) atoms. The molecule has 0 unspecified atom stereocenters. The smallest absolute Gasteiger partial charge is 0.169 e. The molecule has 0 saturated carbocycles. The first-order valence-corrected chi connectivity index (χ1v) is 4.64. The van der Waals surface area contributed by atoms with E-state index in [9.17, 15) is 15.3 Å². The van der Waals surface area contributed by atoms with E-state index in [0.29, 0.717) is 0 Å². The van der Waals surface area contributed by atoms with Crippen molar-refractivity contribution in [1.82, 2.24) is 0 Å². The third kappa shape index (κ3) is 2.17. The molecule has 0 saturated heterocycles. The van der Waals surface area contributed by atoms with Crippen molar-refractivity contribution in [2.45, 2.75) is 0 Å². The maximum absolute atomic E-state index is 9.46. The van der Waals surface area contributed by atoms with Crippen LogP contribution in [0.4, 0.5) is 0 Å². The highest BCUT2D eigenvalue weighted by atomic mass is 16.5. The van der Waals surface area contributed by atoms with Crippen LogP contribution in [0, 0.1) is 0 Å². The van der Waals surface area contributed by atoms with Crippen molar-refractivity contribution in [3.63, 3.8) is 0 Å². The van der Waals surface area contributed by atoms with Gasteiger partial charge in [0.2, 0.25) is 0 Å². The molecule has 0 aliphatic heterocycles. The number of phenols is 3. The van der Waals surface area contributed by atoms with E-state index in [1.165, 1.54) is 24.3 Å². The van der Waals surface area contributed by atoms with Crippen LogP contribution in [-0.4, -0.2) is 15.3 Å². The van der Waals surface area contributed by atoms with Crippen molar-refractivity contribution < 1.29 is 20.1 Å². The number of para-hydroxylation sites is 2. The highest BCUT2D eigenvalue weighted by molar-refractivity contribution is 5.45. The average molecular weight is 218 g/mol. The third-order valence-corrected chi connectivity index (χ3v) is 1.97. The summed E-state index contributed by atoms with van der Waals surface area (Å²) in [5.41, 5.74) is 0. The molecule has 0 amide bonds. The summed E-state index contributed by atoms with van der Waals surface area (Å²) in [4.78, 5) is 0. The summed E-state index contributed by atoms with van der Waals surface area (Å²) in [7, 11) is 0. The van der Waals surface area contributed by atoms with E-state index in [-0.39, 0.29) is 28.7 Å². The standard InChI is InChI=1S/C12H10O4/c13-8-5-9(14)7-10(6-8)16-12-4-2-1-3-11(12)15/h1-7,13-15H. The summed E-state index contributed by atoms with van der Waals surface area (Å²) < 4.78 is 5.30. The van der Waals surface area contributed by atoms with Crippen molar-refractivity contribution in [2.24, 2.45) is 0 Å². The second-order valence-electron chi connectivity index (χ2n) is 3.25. The Kier molecular flexibility index (Phi) is 2.55. The van der Waals surface area contributed by atoms with Crippen LogP contribution in [0.3, 0.4) is 0 Å². The van der Waals surface area contributed by atoms with Crippen LogP contribution in [0.25, 0.3) is 0 Å². The van der Waals surface area contributed by atoms with Crippen LogP contribution in [0.15, 0.2) is 42.5 Å². The van der Waals surface area contributed by atoms with Gasteiger partial charge < -0.3 is 20.1 Å². The minimum atomic E-state index is -0.106. The van der Waals surface area contributed by atoms with Crippen LogP contribution in [-0.2, 0) is 0 Å². The van der Waals surface area contributed by atoms with Gasteiger partial charge in [0, 0.05) is 18.2 Å². The molecule has 0 radical (unpaired) electrons. The summed E-state index contributed by atoms with van der Waals surface area (Å²) in [5, 5.41) is 27.9. The van der Waals surface area contributed by atoms with E-state index in [1.54, 1.807) is 18.2 Å². The number of rotatable bonds is 2. The van der Waals surface area contributed by atoms with Crippen LogP contribution < -0.4 is 4.74 Å². The summed E-state index contributed by atoms with van der Waals surface area (Å²) >= 11 is 0. The third-order valence-electron chi connectivity index (χ3n) is 1.97. The van der Waals surface area contributed by atoms with Crippen LogP contribution in [0.2, 0.25) is 0 Å². The van der Waals surface area contributed by atoms with E-state index < -0.39 is 0 Å². The Morgan fingerprint density at radius 1 is 0.812 bits per heavy atom. The molecule has 0 aliphatic carbocycles. The SMILES string of the molecule is Oc1cc(O)cc(Oc2ccccc2O)c1. The zero-order valence-electron chi connectivity index (χ0n) is 8.29. The van der Waals surface area contributed by atoms with Gasteiger partial charge in [0.15, 0.2) is 11.5 Å². The Bertz CT molecular complexity index is 488. The normalized spacial score (nSPS) is 10.0. The highest BCUT2D eigenvalue weighted by Crippen LogP contribution is 2.33. The minimum absolute atomic E-state index is 0.00895. The van der Waals surface area contributed by atoms with Gasteiger partial charge in [-0.25, -0.2) is 0 Å². The molecule has 4 nitrogen and oxygen atoms in total. The summed E-state index contributed by atoms with van der Waals surface area (Å²) in [6, 6.07) is 10.3. The average Bonchev–Trinajstić information content (AvgIpc) is 2.20. The van der Waals surface area contributed by atoms with Gasteiger partial charge in [-0.3, -0.25) is 0 Å². The van der Waals surface area contributed by atoms with Gasteiger partial charge in [0.25, 0.3) is 0 Å². The topological polar surface area (TPSA) is 69.9 Å². The molecule has 2 aromatic rings. The van der Waals surface area contributed by atoms with E-state index in [1.807, 2.05) is 0 Å². The molecular formula is C12H10O4. The lowest BCUT2D eigenvalue weighted by Crippen LogP contribution is -1.84. The molecule has 3 N–H and O–H groups in total. The molecule has 0 aliphatic rings. The Hall–Kier alpha value is -2.36. The molecule has 82 valence electrons. The van der Waals surface area contributed by atoms with Gasteiger partial charge in [-0.1, -0.05) is 12.1 Å². The first-order valence-electron chi connectivity index (χ1n) is 4.64. The van der Waals surface area contributed by atoms with Gasteiger partial charge in [0.1, 0.15) is 17.2 Å². The largest absolute Gasteiger partial charge is 0.508 e. The van der Waals surface area contributed by atoms with E-state index >= 15 is 0 Å². The Balaban J connectivity index is 2.30. The number of aromatic hydroxyl groups is 3. The minimum Gasteiger partial charge on any atom is -0.508 e. The summed E-state index contributed by atoms with van der Waals surface area (Å²) in [5.74, 6) is 0.285. The second-order valence-corrected chi connectivity index (χ2v) is 3.25. The van der Waals surface area contributed by atoms with E-state index in [2.05, 4.69) is 0 Å². The second kappa shape index (κ2) is 4.02. The fraction of sp³-hybridized carbons (Fsp3) is 0. The lowest BCUT2D eigenvalue weighted by molar-refractivity contribution is 0.402. The van der Waals surface area contributed by atoms with E-state index in [4.69, 9.17) is 4.74 Å². The first kappa shape index (κ1) is 10.2. The predicted molar refractivity (Wildman–Crippen MR) is 58.0 cm³/mol. The number of hydrogen-bond acceptors (Lipinski definition) is 4. The molecule has 4 heteroatoms. The number of hydrogen-bond donors (Lipinski definition) is 3. The Morgan fingerprint density at radius 3 is 2.06 bits per heavy atom. The molecule has 0 fully saturated rings. The Morgan fingerprint density at radius 2 is 1.44 bits per heavy atom. The molecule has 2 rings (SSSR count). The highest BCUT2D eigenvalue weighted by Gasteiger charge is 2.04. The molecular weight excluding hydrogens is 208 g/mol. The lowest BCUT2D eigenvalue weighted by atomic mass is 10.3. The van der Waals surface area contributed by atoms with Crippen LogP contribution >= 0.6 is 0 Å². The monoisotopic (exact) mass is 218 g/mol. The first-order chi connectivity index (χ1) is 7.65. The molecule has 0 spiro atoms. The van der Waals surface area contributed by atoms with E-state index in [0.717, 1.165) is 0 Å². The number of benzene rings is 2. The molecule has 0 heterocycles. The maximum atomic E-state index is 9.46. The van der Waals surface area contributed by atoms with Gasteiger partial charge in [-0.15, -0.1) is 0 Å². The number of phenolic OH excluding ortho intramolecular Hbond substituents is 3. The fourth-order valence-electron chi connectivity index (χ4n) is 1.30. The Labute approximate surface area is 92.0 Å². The quantitative estimate of drug-likeness (QED) is 0.724. The molecule has 0 atom stereocenters. The maximum Gasteiger partial charge on any atom is 0.169 e. The fourth-order valence-corrected chi connectivity index (χ4v) is 1.30. The predicted octanol–water partition coefficient (Wildman–Crippen LogP) is 2.60. The van der Waals surface area contributed by atoms with Crippen LogP contribution in [0.1, 0.15) is 0 Å². The molecule has 0 aromatic heterocycles. The van der Waals surface area contributed by atoms with Crippen molar-refractivity contribution >= 4 is 0 Å². The zero-order chi connectivity index (χ0) is 11.5. The summed E-state index contributed by atoms with van der Waals surface area (Å²) in [6.07, 6.45) is 0. The van der Waals surface area contributed by atoms with Crippen LogP contribution in [0.5, 0.6) is 28.7 Å². The van der Waals surface area contributed by atoms with Crippen molar-refractivity contribution in [3.8, 4) is 28.7 Å². The van der Waals surface area contributed by atoms with Crippen molar-refractivity contribution in [3.05, 3.63) is 42.5 Å². The lowest BCUT2D eigenvalue weighted by Gasteiger charge is -2.07. The van der Waals surface area contributed by atoms with Crippen molar-refractivity contribution in [1.29, 1.82) is 0 Å². The summed E-state index contributed by atoms with van der Waals surface area (Å²) in [6.45, 7) is 0.